The fourth-order valence-electron chi connectivity index (χ4n) is 3.01. The number of hydrogen-bond donors (Lipinski definition) is 1. The average Bonchev–Trinajstić information content (AvgIpc) is 2.92. The van der Waals surface area contributed by atoms with Crippen molar-refractivity contribution in [2.45, 2.75) is 46.1 Å². The van der Waals surface area contributed by atoms with Crippen LogP contribution in [0.1, 0.15) is 40.0 Å². The Morgan fingerprint density at radius 2 is 1.95 bits per heavy atom. The lowest BCUT2D eigenvalue weighted by atomic mass is 10.2. The van der Waals surface area contributed by atoms with Crippen LogP contribution >= 0.6 is 0 Å². The highest BCUT2D eigenvalue weighted by Gasteiger charge is 2.25. The first kappa shape index (κ1) is 17.9. The van der Waals surface area contributed by atoms with Crippen LogP contribution in [0.3, 0.4) is 0 Å². The molecule has 0 spiro atoms. The Morgan fingerprint density at radius 3 is 2.65 bits per heavy atom. The highest BCUT2D eigenvalue weighted by atomic mass is 16.5. The molecular formula is C16H35N3O. The van der Waals surface area contributed by atoms with E-state index in [2.05, 4.69) is 35.9 Å². The summed E-state index contributed by atoms with van der Waals surface area (Å²) in [5.74, 6) is 0. The summed E-state index contributed by atoms with van der Waals surface area (Å²) >= 11 is 0. The second kappa shape index (κ2) is 11.5. The molecule has 1 aliphatic heterocycles. The summed E-state index contributed by atoms with van der Waals surface area (Å²) < 4.78 is 5.34. The number of likely N-dealkylation sites (tertiary alicyclic amines) is 1. The highest BCUT2D eigenvalue weighted by molar-refractivity contribution is 4.82. The lowest BCUT2D eigenvalue weighted by Crippen LogP contribution is -2.38. The third kappa shape index (κ3) is 7.02. The number of nitrogens with zero attached hydrogens (tertiary/aromatic N) is 2. The standard InChI is InChI=1S/C16H35N3O/c1-4-19(5-2)16-9-12-18(15-16)13-11-17-10-7-8-14-20-6-3/h16-17H,4-15H2,1-3H3. The van der Waals surface area contributed by atoms with Gasteiger partial charge in [0.2, 0.25) is 0 Å². The molecule has 0 saturated carbocycles. The van der Waals surface area contributed by atoms with E-state index < -0.39 is 0 Å². The highest BCUT2D eigenvalue weighted by Crippen LogP contribution is 2.14. The summed E-state index contributed by atoms with van der Waals surface area (Å²) in [5.41, 5.74) is 0. The third-order valence-corrected chi connectivity index (χ3v) is 4.28. The molecule has 0 aromatic rings. The van der Waals surface area contributed by atoms with E-state index in [9.17, 15) is 0 Å². The molecule has 0 aliphatic carbocycles. The fourth-order valence-corrected chi connectivity index (χ4v) is 3.01. The molecule has 4 heteroatoms. The molecule has 120 valence electrons. The minimum Gasteiger partial charge on any atom is -0.382 e. The van der Waals surface area contributed by atoms with Crippen LogP contribution in [0.25, 0.3) is 0 Å². The van der Waals surface area contributed by atoms with Crippen LogP contribution in [-0.2, 0) is 4.74 Å². The minimum absolute atomic E-state index is 0.788. The first-order chi connectivity index (χ1) is 9.81. The van der Waals surface area contributed by atoms with Gasteiger partial charge < -0.3 is 15.0 Å². The number of ether oxygens (including phenoxy) is 1. The summed E-state index contributed by atoms with van der Waals surface area (Å²) in [6, 6.07) is 0.788. The van der Waals surface area contributed by atoms with Gasteiger partial charge in [0.1, 0.15) is 0 Å². The average molecular weight is 285 g/mol. The van der Waals surface area contributed by atoms with Crippen LogP contribution < -0.4 is 5.32 Å². The maximum Gasteiger partial charge on any atom is 0.0466 e. The molecule has 1 aliphatic rings. The monoisotopic (exact) mass is 285 g/mol. The van der Waals surface area contributed by atoms with E-state index in [4.69, 9.17) is 4.74 Å². The van der Waals surface area contributed by atoms with Gasteiger partial charge in [0.25, 0.3) is 0 Å². The van der Waals surface area contributed by atoms with E-state index >= 15 is 0 Å². The van der Waals surface area contributed by atoms with Crippen molar-refractivity contribution in [2.75, 3.05) is 59.0 Å². The molecule has 1 heterocycles. The lowest BCUT2D eigenvalue weighted by molar-refractivity contribution is 0.143. The summed E-state index contributed by atoms with van der Waals surface area (Å²) in [6.07, 6.45) is 3.74. The largest absolute Gasteiger partial charge is 0.382 e. The molecule has 4 nitrogen and oxygen atoms in total. The van der Waals surface area contributed by atoms with Crippen molar-refractivity contribution in [3.63, 3.8) is 0 Å². The van der Waals surface area contributed by atoms with Gasteiger partial charge in [-0.25, -0.2) is 0 Å². The Kier molecular flexibility index (Phi) is 10.3. The molecule has 1 rings (SSSR count). The first-order valence-corrected chi connectivity index (χ1v) is 8.56. The number of likely N-dealkylation sites (N-methyl/N-ethyl adjacent to an activating group) is 1. The van der Waals surface area contributed by atoms with Crippen molar-refractivity contribution >= 4 is 0 Å². The smallest absolute Gasteiger partial charge is 0.0466 e. The number of unbranched alkanes of at least 4 members (excludes halogenated alkanes) is 1. The third-order valence-electron chi connectivity index (χ3n) is 4.28. The van der Waals surface area contributed by atoms with E-state index in [1.165, 1.54) is 52.0 Å². The van der Waals surface area contributed by atoms with Crippen molar-refractivity contribution in [1.82, 2.24) is 15.1 Å². The second-order valence-electron chi connectivity index (χ2n) is 5.62. The molecule has 0 aromatic heterocycles. The number of rotatable bonds is 12. The zero-order valence-corrected chi connectivity index (χ0v) is 13.9. The van der Waals surface area contributed by atoms with Crippen LogP contribution in [0.2, 0.25) is 0 Å². The zero-order chi connectivity index (χ0) is 14.6. The van der Waals surface area contributed by atoms with Gasteiger partial charge in [-0.05, 0) is 52.4 Å². The van der Waals surface area contributed by atoms with Crippen molar-refractivity contribution in [1.29, 1.82) is 0 Å². The number of hydrogen-bond acceptors (Lipinski definition) is 4. The number of nitrogens with one attached hydrogen (secondary N) is 1. The Balaban J connectivity index is 1.96. The Morgan fingerprint density at radius 1 is 1.15 bits per heavy atom. The normalized spacial score (nSPS) is 20.1. The van der Waals surface area contributed by atoms with Gasteiger partial charge in [-0.15, -0.1) is 0 Å². The summed E-state index contributed by atoms with van der Waals surface area (Å²) in [7, 11) is 0. The van der Waals surface area contributed by atoms with Gasteiger partial charge in [0.05, 0.1) is 0 Å². The van der Waals surface area contributed by atoms with Crippen LogP contribution in [0.5, 0.6) is 0 Å². The lowest BCUT2D eigenvalue weighted by Gasteiger charge is -2.26. The molecule has 1 fully saturated rings. The van der Waals surface area contributed by atoms with Crippen LogP contribution in [0.4, 0.5) is 0 Å². The molecule has 1 atom stereocenters. The van der Waals surface area contributed by atoms with Crippen LogP contribution in [0.15, 0.2) is 0 Å². The quantitative estimate of drug-likeness (QED) is 0.554. The maximum absolute atomic E-state index is 5.34. The summed E-state index contributed by atoms with van der Waals surface area (Å²) in [6.45, 7) is 16.7. The maximum atomic E-state index is 5.34. The van der Waals surface area contributed by atoms with E-state index in [-0.39, 0.29) is 0 Å². The van der Waals surface area contributed by atoms with Gasteiger partial charge in [-0.2, -0.15) is 0 Å². The molecule has 1 saturated heterocycles. The van der Waals surface area contributed by atoms with E-state index in [1.54, 1.807) is 0 Å². The van der Waals surface area contributed by atoms with E-state index in [0.717, 1.165) is 32.3 Å². The predicted octanol–water partition coefficient (Wildman–Crippen LogP) is 1.81. The van der Waals surface area contributed by atoms with E-state index in [1.807, 2.05) is 0 Å². The van der Waals surface area contributed by atoms with Crippen LogP contribution in [-0.4, -0.2) is 74.9 Å². The van der Waals surface area contributed by atoms with Crippen molar-refractivity contribution in [3.8, 4) is 0 Å². The van der Waals surface area contributed by atoms with Crippen molar-refractivity contribution < 1.29 is 4.74 Å². The Labute approximate surface area is 125 Å². The van der Waals surface area contributed by atoms with Gasteiger partial charge >= 0.3 is 0 Å². The van der Waals surface area contributed by atoms with Gasteiger partial charge in [-0.1, -0.05) is 13.8 Å². The van der Waals surface area contributed by atoms with Crippen LogP contribution in [0, 0.1) is 0 Å². The molecular weight excluding hydrogens is 250 g/mol. The molecule has 0 bridgehead atoms. The van der Waals surface area contributed by atoms with Gasteiger partial charge in [0, 0.05) is 38.9 Å². The van der Waals surface area contributed by atoms with E-state index in [0.29, 0.717) is 0 Å². The molecule has 1 N–H and O–H groups in total. The molecule has 1 unspecified atom stereocenters. The summed E-state index contributed by atoms with van der Waals surface area (Å²) in [5, 5.41) is 3.55. The topological polar surface area (TPSA) is 27.7 Å². The molecule has 0 amide bonds. The Bertz CT molecular complexity index is 222. The first-order valence-electron chi connectivity index (χ1n) is 8.56. The molecule has 0 aromatic carbocycles. The predicted molar refractivity (Wildman–Crippen MR) is 86.4 cm³/mol. The molecule has 0 radical (unpaired) electrons. The Hall–Kier alpha value is -0.160. The van der Waals surface area contributed by atoms with Gasteiger partial charge in [0.15, 0.2) is 0 Å². The van der Waals surface area contributed by atoms with Gasteiger partial charge in [-0.3, -0.25) is 4.90 Å². The van der Waals surface area contributed by atoms with Crippen molar-refractivity contribution in [3.05, 3.63) is 0 Å². The minimum atomic E-state index is 0.788. The zero-order valence-electron chi connectivity index (χ0n) is 13.9. The van der Waals surface area contributed by atoms with Crippen molar-refractivity contribution in [2.24, 2.45) is 0 Å². The summed E-state index contributed by atoms with van der Waals surface area (Å²) in [4.78, 5) is 5.21. The SMILES string of the molecule is CCOCCCCNCCN1CCC(N(CC)CC)C1. The molecule has 20 heavy (non-hydrogen) atoms. The fraction of sp³-hybridized carbons (Fsp3) is 1.00. The second-order valence-corrected chi connectivity index (χ2v) is 5.62.